The van der Waals surface area contributed by atoms with Gasteiger partial charge < -0.3 is 14.5 Å². The monoisotopic (exact) mass is 465 g/mol. The summed E-state index contributed by atoms with van der Waals surface area (Å²) in [6.45, 7) is -0.134. The van der Waals surface area contributed by atoms with Gasteiger partial charge in [0.2, 0.25) is 0 Å². The quantitative estimate of drug-likeness (QED) is 0.301. The molecule has 0 aliphatic rings. The van der Waals surface area contributed by atoms with E-state index in [-0.39, 0.29) is 11.5 Å². The molecule has 1 heterocycles. The maximum Gasteiger partial charge on any atom is 0.338 e. The molecule has 0 saturated heterocycles. The zero-order valence-corrected chi connectivity index (χ0v) is 18.3. The summed E-state index contributed by atoms with van der Waals surface area (Å²) in [6, 6.07) is 17.2. The number of methoxy groups -OCH3 is 1. The number of imidazole rings is 1. The third-order valence-electron chi connectivity index (χ3n) is 4.79. The van der Waals surface area contributed by atoms with E-state index in [9.17, 15) is 18.0 Å². The molecule has 0 amide bonds. The molecule has 1 aromatic heterocycles. The molecule has 9 nitrogen and oxygen atoms in total. The first-order chi connectivity index (χ1) is 15.9. The molecule has 0 aliphatic carbocycles. The fourth-order valence-corrected chi connectivity index (χ4v) is 4.22. The van der Waals surface area contributed by atoms with E-state index < -0.39 is 16.0 Å². The summed E-state index contributed by atoms with van der Waals surface area (Å²) < 4.78 is 38.6. The van der Waals surface area contributed by atoms with Gasteiger partial charge in [-0.3, -0.25) is 9.52 Å². The average molecular weight is 465 g/mol. The summed E-state index contributed by atoms with van der Waals surface area (Å²) >= 11 is 0. The Bertz CT molecular complexity index is 1430. The number of carbonyl (C=O) groups is 2. The lowest BCUT2D eigenvalue weighted by Crippen LogP contribution is -2.13. The second-order valence-electron chi connectivity index (χ2n) is 6.98. The number of carbonyl (C=O) groups excluding carboxylic acids is 2. The summed E-state index contributed by atoms with van der Waals surface area (Å²) in [5.74, 6) is 0.181. The Hall–Kier alpha value is -4.18. The van der Waals surface area contributed by atoms with Crippen LogP contribution < -0.4 is 9.46 Å². The van der Waals surface area contributed by atoms with E-state index in [0.717, 1.165) is 0 Å². The Morgan fingerprint density at radius 3 is 2.58 bits per heavy atom. The van der Waals surface area contributed by atoms with Gasteiger partial charge in [0.15, 0.2) is 0 Å². The number of ether oxygens (including phenoxy) is 2. The molecule has 0 spiro atoms. The Labute approximate surface area is 189 Å². The maximum absolute atomic E-state index is 12.8. The molecular weight excluding hydrogens is 446 g/mol. The van der Waals surface area contributed by atoms with Gasteiger partial charge in [-0.25, -0.2) is 18.2 Å². The molecule has 4 rings (SSSR count). The zero-order valence-electron chi connectivity index (χ0n) is 17.4. The number of sulfonamides is 1. The third kappa shape index (κ3) is 4.85. The number of nitrogens with zero attached hydrogens (tertiary/aromatic N) is 1. The second-order valence-corrected chi connectivity index (χ2v) is 8.67. The van der Waals surface area contributed by atoms with E-state index in [0.29, 0.717) is 45.7 Å². The van der Waals surface area contributed by atoms with Crippen LogP contribution in [-0.4, -0.2) is 37.8 Å². The van der Waals surface area contributed by atoms with Crippen molar-refractivity contribution in [2.45, 2.75) is 11.5 Å². The Kier molecular flexibility index (Phi) is 6.09. The van der Waals surface area contributed by atoms with Crippen LogP contribution in [0.3, 0.4) is 0 Å². The normalized spacial score (nSPS) is 11.2. The van der Waals surface area contributed by atoms with Gasteiger partial charge in [-0.1, -0.05) is 24.3 Å². The number of fused-ring (bicyclic) bond motifs is 1. The summed E-state index contributed by atoms with van der Waals surface area (Å²) in [5.41, 5.74) is 2.06. The van der Waals surface area contributed by atoms with Crippen LogP contribution in [0.1, 0.15) is 26.5 Å². The molecule has 0 radical (unpaired) electrons. The van der Waals surface area contributed by atoms with Crippen LogP contribution in [0.15, 0.2) is 71.6 Å². The topological polar surface area (TPSA) is 127 Å². The molecule has 3 aromatic carbocycles. The minimum atomic E-state index is -3.88. The minimum Gasteiger partial charge on any atom is -0.495 e. The van der Waals surface area contributed by atoms with Crippen LogP contribution in [0.4, 0.5) is 5.69 Å². The number of aldehydes is 1. The number of rotatable bonds is 8. The smallest absolute Gasteiger partial charge is 0.338 e. The van der Waals surface area contributed by atoms with E-state index in [2.05, 4.69) is 14.7 Å². The van der Waals surface area contributed by atoms with Crippen molar-refractivity contribution < 1.29 is 27.5 Å². The number of hydrogen-bond acceptors (Lipinski definition) is 7. The lowest BCUT2D eigenvalue weighted by molar-refractivity contribution is 0.0463. The first kappa shape index (κ1) is 22.0. The van der Waals surface area contributed by atoms with Crippen molar-refractivity contribution in [2.75, 3.05) is 11.8 Å². The number of nitrogens with one attached hydrogen (secondary N) is 2. The number of H-pyrrole nitrogens is 1. The number of esters is 1. The van der Waals surface area contributed by atoms with Crippen molar-refractivity contribution in [1.82, 2.24) is 9.97 Å². The van der Waals surface area contributed by atoms with Gasteiger partial charge >= 0.3 is 5.97 Å². The molecule has 4 aromatic rings. The summed E-state index contributed by atoms with van der Waals surface area (Å²) in [7, 11) is -2.43. The number of hydrogen-bond donors (Lipinski definition) is 2. The third-order valence-corrected chi connectivity index (χ3v) is 6.15. The Balaban J connectivity index is 1.49. The van der Waals surface area contributed by atoms with Crippen molar-refractivity contribution in [3.05, 3.63) is 83.7 Å². The largest absolute Gasteiger partial charge is 0.495 e. The molecule has 0 saturated carbocycles. The number of aromatic nitrogens is 2. The molecule has 10 heteroatoms. The number of anilines is 1. The summed E-state index contributed by atoms with van der Waals surface area (Å²) in [5, 5.41) is 0. The number of aromatic amines is 1. The van der Waals surface area contributed by atoms with E-state index in [4.69, 9.17) is 9.47 Å². The predicted molar refractivity (Wildman–Crippen MR) is 121 cm³/mol. The molecule has 168 valence electrons. The van der Waals surface area contributed by atoms with E-state index >= 15 is 0 Å². The standard InChI is InChI=1S/C23H19N3O6S/c1-31-21-5-3-2-4-19(21)26-33(29,30)17-10-11-18-20(12-17)25-22(24-18)14-32-23(28)16-8-6-15(13-27)7-9-16/h2-13,26H,14H2,1H3,(H,24,25). The highest BCUT2D eigenvalue weighted by atomic mass is 32.2. The number of para-hydroxylation sites is 2. The van der Waals surface area contributed by atoms with Crippen molar-refractivity contribution in [1.29, 1.82) is 0 Å². The first-order valence-electron chi connectivity index (χ1n) is 9.76. The SMILES string of the molecule is COc1ccccc1NS(=O)(=O)c1ccc2nc(COC(=O)c3ccc(C=O)cc3)[nH]c2c1. The Morgan fingerprint density at radius 2 is 1.85 bits per heavy atom. The highest BCUT2D eigenvalue weighted by Crippen LogP contribution is 2.27. The van der Waals surface area contributed by atoms with E-state index in [1.165, 1.54) is 43.5 Å². The lowest BCUT2D eigenvalue weighted by atomic mass is 10.1. The molecule has 0 atom stereocenters. The molecular formula is C23H19N3O6S. The van der Waals surface area contributed by atoms with Crippen LogP contribution in [0.5, 0.6) is 5.75 Å². The van der Waals surface area contributed by atoms with Gasteiger partial charge in [0, 0.05) is 5.56 Å². The van der Waals surface area contributed by atoms with Gasteiger partial charge in [0.1, 0.15) is 24.5 Å². The maximum atomic E-state index is 12.8. The minimum absolute atomic E-state index is 0.0309. The fraction of sp³-hybridized carbons (Fsp3) is 0.0870. The van der Waals surface area contributed by atoms with Crippen molar-refractivity contribution in [3.8, 4) is 5.75 Å². The van der Waals surface area contributed by atoms with Gasteiger partial charge in [-0.05, 0) is 42.5 Å². The van der Waals surface area contributed by atoms with Gasteiger partial charge in [-0.2, -0.15) is 0 Å². The van der Waals surface area contributed by atoms with Gasteiger partial charge in [0.25, 0.3) is 10.0 Å². The van der Waals surface area contributed by atoms with Crippen LogP contribution >= 0.6 is 0 Å². The van der Waals surface area contributed by atoms with Crippen molar-refractivity contribution >= 4 is 39.0 Å². The Morgan fingerprint density at radius 1 is 1.09 bits per heavy atom. The van der Waals surface area contributed by atoms with Crippen molar-refractivity contribution in [2.24, 2.45) is 0 Å². The average Bonchev–Trinajstić information content (AvgIpc) is 3.25. The van der Waals surface area contributed by atoms with E-state index in [1.54, 1.807) is 30.3 Å². The van der Waals surface area contributed by atoms with Crippen molar-refractivity contribution in [3.63, 3.8) is 0 Å². The molecule has 0 bridgehead atoms. The fourth-order valence-electron chi connectivity index (χ4n) is 3.12. The lowest BCUT2D eigenvalue weighted by Gasteiger charge is -2.11. The summed E-state index contributed by atoms with van der Waals surface area (Å²) in [4.78, 5) is 30.2. The second kappa shape index (κ2) is 9.13. The van der Waals surface area contributed by atoms with Gasteiger partial charge in [-0.15, -0.1) is 0 Å². The number of benzene rings is 3. The predicted octanol–water partition coefficient (Wildman–Crippen LogP) is 3.54. The van der Waals surface area contributed by atoms with Crippen LogP contribution in [0.25, 0.3) is 11.0 Å². The zero-order chi connectivity index (χ0) is 23.4. The van der Waals surface area contributed by atoms with E-state index in [1.807, 2.05) is 0 Å². The summed E-state index contributed by atoms with van der Waals surface area (Å²) in [6.07, 6.45) is 0.684. The molecule has 0 unspecified atom stereocenters. The molecule has 33 heavy (non-hydrogen) atoms. The van der Waals surface area contributed by atoms with Crippen LogP contribution in [0.2, 0.25) is 0 Å². The highest BCUT2D eigenvalue weighted by molar-refractivity contribution is 7.92. The molecule has 0 fully saturated rings. The highest BCUT2D eigenvalue weighted by Gasteiger charge is 2.18. The molecule has 0 aliphatic heterocycles. The van der Waals surface area contributed by atoms with Gasteiger partial charge in [0.05, 0.1) is 34.3 Å². The van der Waals surface area contributed by atoms with Crippen LogP contribution in [0, 0.1) is 0 Å². The first-order valence-corrected chi connectivity index (χ1v) is 11.2. The van der Waals surface area contributed by atoms with Crippen LogP contribution in [-0.2, 0) is 21.4 Å². The molecule has 2 N–H and O–H groups in total.